The first-order valence-electron chi connectivity index (χ1n) is 7.43. The van der Waals surface area contributed by atoms with Crippen molar-refractivity contribution in [2.75, 3.05) is 5.32 Å². The lowest BCUT2D eigenvalue weighted by atomic mass is 10.2. The number of amides is 2. The quantitative estimate of drug-likeness (QED) is 0.888. The summed E-state index contributed by atoms with van der Waals surface area (Å²) >= 11 is 0. The minimum atomic E-state index is -4.56. The van der Waals surface area contributed by atoms with Crippen LogP contribution in [-0.4, -0.2) is 27.8 Å². The van der Waals surface area contributed by atoms with Crippen LogP contribution in [0, 0.1) is 0 Å². The fourth-order valence-electron chi connectivity index (χ4n) is 2.05. The Kier molecular flexibility index (Phi) is 4.39. The van der Waals surface area contributed by atoms with Gasteiger partial charge in [-0.1, -0.05) is 0 Å². The van der Waals surface area contributed by atoms with E-state index < -0.39 is 23.6 Å². The fourth-order valence-corrected chi connectivity index (χ4v) is 2.05. The van der Waals surface area contributed by atoms with Crippen LogP contribution >= 0.6 is 0 Å². The highest BCUT2D eigenvalue weighted by atomic mass is 19.4. The lowest BCUT2D eigenvalue weighted by Gasteiger charge is -2.09. The molecule has 2 heterocycles. The molecule has 0 atom stereocenters. The van der Waals surface area contributed by atoms with Gasteiger partial charge in [0.1, 0.15) is 5.69 Å². The summed E-state index contributed by atoms with van der Waals surface area (Å²) in [6.07, 6.45) is 0.333. The Hall–Kier alpha value is -2.97. The van der Waals surface area contributed by atoms with E-state index in [-0.39, 0.29) is 23.0 Å². The van der Waals surface area contributed by atoms with Gasteiger partial charge in [0.05, 0.1) is 17.4 Å². The average molecular weight is 350 g/mol. The molecule has 1 aliphatic carbocycles. The first-order chi connectivity index (χ1) is 11.8. The van der Waals surface area contributed by atoms with E-state index in [0.717, 1.165) is 25.1 Å². The Morgan fingerprint density at radius 2 is 1.88 bits per heavy atom. The molecule has 2 aromatic rings. The number of carbonyl (C=O) groups excluding carboxylic acids is 2. The third-order valence-corrected chi connectivity index (χ3v) is 3.49. The number of anilines is 1. The molecule has 0 aromatic carbocycles. The van der Waals surface area contributed by atoms with Gasteiger partial charge in [0.15, 0.2) is 0 Å². The zero-order chi connectivity index (χ0) is 18.0. The minimum Gasteiger partial charge on any atom is -0.348 e. The summed E-state index contributed by atoms with van der Waals surface area (Å²) in [5.41, 5.74) is -0.889. The summed E-state index contributed by atoms with van der Waals surface area (Å²) in [6.45, 7) is 0. The van der Waals surface area contributed by atoms with Crippen LogP contribution in [0.4, 0.5) is 18.9 Å². The monoisotopic (exact) mass is 350 g/mol. The largest absolute Gasteiger partial charge is 0.417 e. The van der Waals surface area contributed by atoms with Crippen molar-refractivity contribution in [2.24, 2.45) is 0 Å². The van der Waals surface area contributed by atoms with E-state index in [1.54, 1.807) is 0 Å². The van der Waals surface area contributed by atoms with Crippen molar-refractivity contribution >= 4 is 17.5 Å². The summed E-state index contributed by atoms with van der Waals surface area (Å²) in [7, 11) is 0. The highest BCUT2D eigenvalue weighted by molar-refractivity contribution is 6.05. The minimum absolute atomic E-state index is 0.0710. The van der Waals surface area contributed by atoms with Gasteiger partial charge in [-0.3, -0.25) is 19.6 Å². The molecule has 0 bridgehead atoms. The van der Waals surface area contributed by atoms with Crippen molar-refractivity contribution in [3.05, 3.63) is 53.6 Å². The van der Waals surface area contributed by atoms with E-state index in [2.05, 4.69) is 20.6 Å². The molecule has 0 unspecified atom stereocenters. The van der Waals surface area contributed by atoms with Crippen LogP contribution < -0.4 is 10.6 Å². The fraction of sp³-hybridized carbons (Fsp3) is 0.250. The molecular formula is C16H13F3N4O2. The molecule has 0 radical (unpaired) electrons. The van der Waals surface area contributed by atoms with Gasteiger partial charge < -0.3 is 10.6 Å². The number of nitrogens with zero attached hydrogens (tertiary/aromatic N) is 2. The topological polar surface area (TPSA) is 84.0 Å². The number of alkyl halides is 3. The second kappa shape index (κ2) is 6.50. The van der Waals surface area contributed by atoms with E-state index in [1.807, 2.05) is 0 Å². The van der Waals surface area contributed by atoms with Crippen LogP contribution in [0.2, 0.25) is 0 Å². The number of carbonyl (C=O) groups is 2. The zero-order valence-corrected chi connectivity index (χ0v) is 12.8. The van der Waals surface area contributed by atoms with Gasteiger partial charge in [-0.15, -0.1) is 0 Å². The molecule has 1 fully saturated rings. The van der Waals surface area contributed by atoms with Gasteiger partial charge in [0.25, 0.3) is 11.8 Å². The molecule has 2 aromatic heterocycles. The molecule has 130 valence electrons. The summed E-state index contributed by atoms with van der Waals surface area (Å²) in [5, 5.41) is 5.07. The SMILES string of the molecule is O=C(Nc1cncc(C(F)(F)F)c1)c1ccnc(C(=O)NC2CC2)c1. The molecule has 0 aliphatic heterocycles. The Bertz CT molecular complexity index is 819. The number of aromatic nitrogens is 2. The van der Waals surface area contributed by atoms with Crippen molar-refractivity contribution in [3.8, 4) is 0 Å². The van der Waals surface area contributed by atoms with Crippen LogP contribution in [0.25, 0.3) is 0 Å². The first kappa shape index (κ1) is 16.9. The maximum atomic E-state index is 12.7. The molecule has 25 heavy (non-hydrogen) atoms. The normalized spacial score (nSPS) is 14.0. The summed E-state index contributed by atoms with van der Waals surface area (Å²) in [4.78, 5) is 31.5. The Balaban J connectivity index is 1.74. The predicted molar refractivity (Wildman–Crippen MR) is 81.9 cm³/mol. The molecule has 1 aliphatic rings. The number of hydrogen-bond acceptors (Lipinski definition) is 4. The van der Waals surface area contributed by atoms with Gasteiger partial charge in [-0.25, -0.2) is 0 Å². The Morgan fingerprint density at radius 1 is 1.12 bits per heavy atom. The van der Waals surface area contributed by atoms with Crippen LogP contribution in [0.1, 0.15) is 39.3 Å². The van der Waals surface area contributed by atoms with Crippen molar-refractivity contribution in [1.29, 1.82) is 0 Å². The highest BCUT2D eigenvalue weighted by Crippen LogP contribution is 2.30. The molecule has 1 saturated carbocycles. The number of hydrogen-bond donors (Lipinski definition) is 2. The van der Waals surface area contributed by atoms with E-state index in [0.29, 0.717) is 6.20 Å². The van der Waals surface area contributed by atoms with E-state index in [9.17, 15) is 22.8 Å². The van der Waals surface area contributed by atoms with Crippen molar-refractivity contribution in [2.45, 2.75) is 25.1 Å². The second-order valence-corrected chi connectivity index (χ2v) is 5.59. The molecule has 0 spiro atoms. The van der Waals surface area contributed by atoms with Gasteiger partial charge in [0.2, 0.25) is 0 Å². The van der Waals surface area contributed by atoms with Crippen molar-refractivity contribution in [3.63, 3.8) is 0 Å². The summed E-state index contributed by atoms with van der Waals surface area (Å²) in [6, 6.07) is 3.58. The van der Waals surface area contributed by atoms with Crippen molar-refractivity contribution in [1.82, 2.24) is 15.3 Å². The lowest BCUT2D eigenvalue weighted by Crippen LogP contribution is -2.26. The molecule has 6 nitrogen and oxygen atoms in total. The second-order valence-electron chi connectivity index (χ2n) is 5.59. The summed E-state index contributed by atoms with van der Waals surface area (Å²) in [5.74, 6) is -1.05. The third-order valence-electron chi connectivity index (χ3n) is 3.49. The van der Waals surface area contributed by atoms with Gasteiger partial charge >= 0.3 is 6.18 Å². The van der Waals surface area contributed by atoms with Gasteiger partial charge in [0, 0.05) is 24.0 Å². The molecule has 3 rings (SSSR count). The molecule has 9 heteroatoms. The number of pyridine rings is 2. The van der Waals surface area contributed by atoms with Crippen LogP contribution in [0.3, 0.4) is 0 Å². The molecular weight excluding hydrogens is 337 g/mol. The molecule has 0 saturated heterocycles. The van der Waals surface area contributed by atoms with E-state index in [1.165, 1.54) is 18.3 Å². The summed E-state index contributed by atoms with van der Waals surface area (Å²) < 4.78 is 38.0. The molecule has 2 N–H and O–H groups in total. The Labute approximate surface area is 140 Å². The van der Waals surface area contributed by atoms with E-state index in [4.69, 9.17) is 0 Å². The van der Waals surface area contributed by atoms with Crippen LogP contribution in [0.5, 0.6) is 0 Å². The maximum Gasteiger partial charge on any atom is 0.417 e. The standard InChI is InChI=1S/C16H13F3N4O2/c17-16(18,19)10-6-12(8-20-7-10)23-14(24)9-3-4-21-13(5-9)15(25)22-11-1-2-11/h3-8,11H,1-2H2,(H,22,25)(H,23,24). The number of rotatable bonds is 4. The highest BCUT2D eigenvalue weighted by Gasteiger charge is 2.31. The Morgan fingerprint density at radius 3 is 2.56 bits per heavy atom. The molecule has 2 amide bonds. The predicted octanol–water partition coefficient (Wildman–Crippen LogP) is 2.64. The van der Waals surface area contributed by atoms with Gasteiger partial charge in [-0.05, 0) is 31.0 Å². The average Bonchev–Trinajstić information content (AvgIpc) is 3.38. The number of nitrogens with one attached hydrogen (secondary N) is 2. The van der Waals surface area contributed by atoms with Crippen LogP contribution in [0.15, 0.2) is 36.8 Å². The smallest absolute Gasteiger partial charge is 0.348 e. The maximum absolute atomic E-state index is 12.7. The third kappa shape index (κ3) is 4.31. The van der Waals surface area contributed by atoms with E-state index >= 15 is 0 Å². The van der Waals surface area contributed by atoms with Crippen LogP contribution in [-0.2, 0) is 6.18 Å². The van der Waals surface area contributed by atoms with Gasteiger partial charge in [-0.2, -0.15) is 13.2 Å². The zero-order valence-electron chi connectivity index (χ0n) is 12.8. The van der Waals surface area contributed by atoms with Crippen molar-refractivity contribution < 1.29 is 22.8 Å². The number of halogens is 3. The first-order valence-corrected chi connectivity index (χ1v) is 7.43. The lowest BCUT2D eigenvalue weighted by molar-refractivity contribution is -0.137.